The first kappa shape index (κ1) is 16.6. The summed E-state index contributed by atoms with van der Waals surface area (Å²) in [6.07, 6.45) is -0.205. The smallest absolute Gasteiger partial charge is 0.244 e. The third kappa shape index (κ3) is 3.62. The number of hydrogen-bond acceptors (Lipinski definition) is 5. The van der Waals surface area contributed by atoms with Crippen LogP contribution in [-0.2, 0) is 16.1 Å². The number of carbonyl (C=O) groups is 1. The lowest BCUT2D eigenvalue weighted by Gasteiger charge is -2.33. The molecule has 1 aliphatic heterocycles. The van der Waals surface area contributed by atoms with Crippen molar-refractivity contribution in [2.45, 2.75) is 40.3 Å². The van der Waals surface area contributed by atoms with E-state index in [2.05, 4.69) is 15.1 Å². The Balaban J connectivity index is 1.70. The first-order valence-electron chi connectivity index (χ1n) is 8.15. The fourth-order valence-corrected chi connectivity index (χ4v) is 3.03. The van der Waals surface area contributed by atoms with Crippen LogP contribution in [0.4, 0.5) is 0 Å². The van der Waals surface area contributed by atoms with Gasteiger partial charge >= 0.3 is 0 Å². The van der Waals surface area contributed by atoms with Crippen molar-refractivity contribution in [3.05, 3.63) is 40.7 Å². The molecule has 2 aromatic heterocycles. The standard InChI is InChI=1S/C17H23N5O2/c1-11-8-15(19-14(4)18-11)16-9-21(5-6-24-16)17(23)10-22-13(3)7-12(2)20-22/h7-8,16H,5-6,9-10H2,1-4H3/t16-/m0/s1. The normalized spacial score (nSPS) is 18.0. The Morgan fingerprint density at radius 3 is 2.67 bits per heavy atom. The van der Waals surface area contributed by atoms with Gasteiger partial charge in [-0.05, 0) is 39.8 Å². The molecule has 2 aromatic rings. The third-order valence-electron chi connectivity index (χ3n) is 4.12. The Kier molecular flexibility index (Phi) is 4.62. The van der Waals surface area contributed by atoms with Crippen molar-refractivity contribution in [3.63, 3.8) is 0 Å². The van der Waals surface area contributed by atoms with Gasteiger partial charge in [0.2, 0.25) is 5.91 Å². The van der Waals surface area contributed by atoms with Crippen LogP contribution in [-0.4, -0.2) is 50.3 Å². The van der Waals surface area contributed by atoms with E-state index >= 15 is 0 Å². The summed E-state index contributed by atoms with van der Waals surface area (Å²) in [5, 5.41) is 4.36. The van der Waals surface area contributed by atoms with Gasteiger partial charge in [0, 0.05) is 17.9 Å². The second-order valence-electron chi connectivity index (χ2n) is 6.27. The topological polar surface area (TPSA) is 73.1 Å². The highest BCUT2D eigenvalue weighted by molar-refractivity contribution is 5.76. The molecule has 1 saturated heterocycles. The molecule has 0 aliphatic carbocycles. The van der Waals surface area contributed by atoms with E-state index in [1.54, 1.807) is 4.68 Å². The van der Waals surface area contributed by atoms with Crippen LogP contribution in [0, 0.1) is 27.7 Å². The van der Waals surface area contributed by atoms with Crippen molar-refractivity contribution in [1.29, 1.82) is 0 Å². The van der Waals surface area contributed by atoms with Gasteiger partial charge in [-0.3, -0.25) is 9.48 Å². The molecule has 0 saturated carbocycles. The number of nitrogens with zero attached hydrogens (tertiary/aromatic N) is 5. The number of amides is 1. The Hall–Kier alpha value is -2.28. The first-order chi connectivity index (χ1) is 11.4. The number of hydrogen-bond donors (Lipinski definition) is 0. The van der Waals surface area contributed by atoms with Gasteiger partial charge in [0.25, 0.3) is 0 Å². The molecule has 1 aliphatic rings. The van der Waals surface area contributed by atoms with Crippen LogP contribution in [0.3, 0.4) is 0 Å². The maximum atomic E-state index is 12.6. The molecular formula is C17H23N5O2. The predicted molar refractivity (Wildman–Crippen MR) is 88.5 cm³/mol. The van der Waals surface area contributed by atoms with Gasteiger partial charge in [-0.15, -0.1) is 0 Å². The summed E-state index contributed by atoms with van der Waals surface area (Å²) in [7, 11) is 0. The van der Waals surface area contributed by atoms with Crippen LogP contribution >= 0.6 is 0 Å². The van der Waals surface area contributed by atoms with Crippen molar-refractivity contribution >= 4 is 5.91 Å². The highest BCUT2D eigenvalue weighted by Crippen LogP contribution is 2.21. The summed E-state index contributed by atoms with van der Waals surface area (Å²) < 4.78 is 7.58. The molecule has 1 amide bonds. The first-order valence-corrected chi connectivity index (χ1v) is 8.15. The maximum absolute atomic E-state index is 12.6. The molecule has 3 rings (SSSR count). The van der Waals surface area contributed by atoms with E-state index in [0.717, 1.165) is 28.6 Å². The van der Waals surface area contributed by atoms with Gasteiger partial charge in [0.15, 0.2) is 0 Å². The van der Waals surface area contributed by atoms with E-state index in [1.807, 2.05) is 44.7 Å². The van der Waals surface area contributed by atoms with E-state index in [-0.39, 0.29) is 18.6 Å². The van der Waals surface area contributed by atoms with Crippen LogP contribution in [0.25, 0.3) is 0 Å². The van der Waals surface area contributed by atoms with E-state index in [4.69, 9.17) is 4.74 Å². The molecule has 3 heterocycles. The van der Waals surface area contributed by atoms with Crippen LogP contribution in [0.5, 0.6) is 0 Å². The number of ether oxygens (including phenoxy) is 1. The summed E-state index contributed by atoms with van der Waals surface area (Å²) in [5.74, 6) is 0.775. The molecule has 24 heavy (non-hydrogen) atoms. The molecule has 7 nitrogen and oxygen atoms in total. The zero-order chi connectivity index (χ0) is 17.3. The molecular weight excluding hydrogens is 306 g/mol. The lowest BCUT2D eigenvalue weighted by Crippen LogP contribution is -2.44. The van der Waals surface area contributed by atoms with Gasteiger partial charge in [0.1, 0.15) is 18.5 Å². The lowest BCUT2D eigenvalue weighted by molar-refractivity contribution is -0.140. The average Bonchev–Trinajstić information content (AvgIpc) is 2.84. The third-order valence-corrected chi connectivity index (χ3v) is 4.12. The zero-order valence-corrected chi connectivity index (χ0v) is 14.6. The number of carbonyl (C=O) groups excluding carboxylic acids is 1. The minimum atomic E-state index is -0.205. The average molecular weight is 329 g/mol. The molecule has 1 atom stereocenters. The minimum absolute atomic E-state index is 0.0528. The molecule has 0 radical (unpaired) electrons. The van der Waals surface area contributed by atoms with Crippen LogP contribution < -0.4 is 0 Å². The molecule has 0 N–H and O–H groups in total. The number of aromatic nitrogens is 4. The van der Waals surface area contributed by atoms with Gasteiger partial charge in [-0.25, -0.2) is 9.97 Å². The molecule has 128 valence electrons. The summed E-state index contributed by atoms with van der Waals surface area (Å²) in [6.45, 7) is 9.56. The summed E-state index contributed by atoms with van der Waals surface area (Å²) in [6, 6.07) is 3.90. The Morgan fingerprint density at radius 1 is 1.21 bits per heavy atom. The molecule has 0 aromatic carbocycles. The number of aryl methyl sites for hydroxylation is 4. The van der Waals surface area contributed by atoms with E-state index in [1.165, 1.54) is 0 Å². The maximum Gasteiger partial charge on any atom is 0.244 e. The highest BCUT2D eigenvalue weighted by Gasteiger charge is 2.27. The number of rotatable bonds is 3. The SMILES string of the molecule is Cc1cc([C@@H]2CN(C(=O)Cn3nc(C)cc3C)CCO2)nc(C)n1. The summed E-state index contributed by atoms with van der Waals surface area (Å²) >= 11 is 0. The van der Waals surface area contributed by atoms with Crippen molar-refractivity contribution < 1.29 is 9.53 Å². The molecule has 0 spiro atoms. The Labute approximate surface area is 141 Å². The summed E-state index contributed by atoms with van der Waals surface area (Å²) in [5.41, 5.74) is 3.66. The van der Waals surface area contributed by atoms with Gasteiger partial charge in [0.05, 0.1) is 24.5 Å². The Bertz CT molecular complexity index is 735. The van der Waals surface area contributed by atoms with Gasteiger partial charge in [-0.2, -0.15) is 5.10 Å². The predicted octanol–water partition coefficient (Wildman–Crippen LogP) is 1.51. The van der Waals surface area contributed by atoms with Crippen molar-refractivity contribution in [2.75, 3.05) is 19.7 Å². The zero-order valence-electron chi connectivity index (χ0n) is 14.6. The molecule has 1 fully saturated rings. The van der Waals surface area contributed by atoms with Crippen molar-refractivity contribution in [1.82, 2.24) is 24.6 Å². The van der Waals surface area contributed by atoms with E-state index < -0.39 is 0 Å². The fourth-order valence-electron chi connectivity index (χ4n) is 3.03. The van der Waals surface area contributed by atoms with Crippen molar-refractivity contribution in [2.24, 2.45) is 0 Å². The quantitative estimate of drug-likeness (QED) is 0.853. The van der Waals surface area contributed by atoms with Crippen LogP contribution in [0.1, 0.15) is 34.7 Å². The summed E-state index contributed by atoms with van der Waals surface area (Å²) in [4.78, 5) is 23.2. The highest BCUT2D eigenvalue weighted by atomic mass is 16.5. The molecule has 0 unspecified atom stereocenters. The van der Waals surface area contributed by atoms with Crippen LogP contribution in [0.2, 0.25) is 0 Å². The largest absolute Gasteiger partial charge is 0.368 e. The lowest BCUT2D eigenvalue weighted by atomic mass is 10.1. The minimum Gasteiger partial charge on any atom is -0.368 e. The second kappa shape index (κ2) is 6.68. The van der Waals surface area contributed by atoms with E-state index in [0.29, 0.717) is 19.7 Å². The van der Waals surface area contributed by atoms with Gasteiger partial charge in [-0.1, -0.05) is 0 Å². The van der Waals surface area contributed by atoms with Gasteiger partial charge < -0.3 is 9.64 Å². The molecule has 7 heteroatoms. The monoisotopic (exact) mass is 329 g/mol. The fraction of sp³-hybridized carbons (Fsp3) is 0.529. The van der Waals surface area contributed by atoms with Crippen LogP contribution in [0.15, 0.2) is 12.1 Å². The van der Waals surface area contributed by atoms with Crippen molar-refractivity contribution in [3.8, 4) is 0 Å². The number of morpholine rings is 1. The second-order valence-corrected chi connectivity index (χ2v) is 6.27. The molecule has 0 bridgehead atoms. The Morgan fingerprint density at radius 2 is 2.00 bits per heavy atom. The van der Waals surface area contributed by atoms with E-state index in [9.17, 15) is 4.79 Å².